The van der Waals surface area contributed by atoms with Crippen molar-refractivity contribution in [3.63, 3.8) is 0 Å². The minimum Gasteiger partial charge on any atom is -0.375 e. The summed E-state index contributed by atoms with van der Waals surface area (Å²) < 4.78 is 38.3. The van der Waals surface area contributed by atoms with Gasteiger partial charge >= 0.3 is 6.18 Å². The Hall–Kier alpha value is -1.49. The first-order valence-corrected chi connectivity index (χ1v) is 5.12. The molecule has 1 heterocycles. The molecule has 0 aliphatic carbocycles. The summed E-state index contributed by atoms with van der Waals surface area (Å²) in [6.45, 7) is 2.32. The third-order valence-electron chi connectivity index (χ3n) is 3.00. The topological polar surface area (TPSA) is 36.0 Å². The molecule has 0 saturated carbocycles. The highest BCUT2D eigenvalue weighted by Gasteiger charge is 2.52. The van der Waals surface area contributed by atoms with Crippen molar-refractivity contribution in [3.05, 3.63) is 35.5 Å². The van der Waals surface area contributed by atoms with Gasteiger partial charge in [-0.25, -0.2) is 0 Å². The van der Waals surface area contributed by atoms with E-state index in [0.29, 0.717) is 16.5 Å². The van der Waals surface area contributed by atoms with Crippen molar-refractivity contribution in [2.45, 2.75) is 25.6 Å². The number of nitrogens with one attached hydrogen (secondary N) is 1. The Bertz CT molecular complexity index is 554. The molecular formula is C12H12F3NO. The zero-order chi connectivity index (χ0) is 12.8. The van der Waals surface area contributed by atoms with Gasteiger partial charge in [-0.05, 0) is 25.5 Å². The maximum atomic E-state index is 12.8. The molecule has 1 aromatic heterocycles. The summed E-state index contributed by atoms with van der Waals surface area (Å²) in [5.74, 6) is 0. The number of aromatic amines is 1. The van der Waals surface area contributed by atoms with Gasteiger partial charge in [0.2, 0.25) is 0 Å². The lowest BCUT2D eigenvalue weighted by atomic mass is 9.98. The Balaban J connectivity index is 2.68. The second-order valence-corrected chi connectivity index (χ2v) is 4.24. The highest BCUT2D eigenvalue weighted by Crippen LogP contribution is 2.40. The highest BCUT2D eigenvalue weighted by molar-refractivity contribution is 5.84. The summed E-state index contributed by atoms with van der Waals surface area (Å²) in [6.07, 6.45) is -4.71. The van der Waals surface area contributed by atoms with Gasteiger partial charge in [-0.1, -0.05) is 18.2 Å². The first kappa shape index (κ1) is 12.0. The molecule has 0 radical (unpaired) electrons. The number of hydrogen-bond donors (Lipinski definition) is 2. The number of alkyl halides is 3. The van der Waals surface area contributed by atoms with Crippen molar-refractivity contribution in [3.8, 4) is 0 Å². The Labute approximate surface area is 96.1 Å². The van der Waals surface area contributed by atoms with Gasteiger partial charge in [0.1, 0.15) is 0 Å². The second-order valence-electron chi connectivity index (χ2n) is 4.24. The summed E-state index contributed by atoms with van der Waals surface area (Å²) in [7, 11) is 0. The van der Waals surface area contributed by atoms with E-state index in [2.05, 4.69) is 4.98 Å². The lowest BCUT2D eigenvalue weighted by Crippen LogP contribution is -2.40. The lowest BCUT2D eigenvalue weighted by Gasteiger charge is -2.26. The third-order valence-corrected chi connectivity index (χ3v) is 3.00. The van der Waals surface area contributed by atoms with E-state index in [1.54, 1.807) is 31.2 Å². The van der Waals surface area contributed by atoms with Crippen LogP contribution < -0.4 is 0 Å². The van der Waals surface area contributed by atoms with Crippen LogP contribution in [0.15, 0.2) is 24.3 Å². The van der Waals surface area contributed by atoms with E-state index in [0.717, 1.165) is 6.92 Å². The van der Waals surface area contributed by atoms with E-state index in [4.69, 9.17) is 0 Å². The van der Waals surface area contributed by atoms with Crippen molar-refractivity contribution in [1.29, 1.82) is 0 Å². The van der Waals surface area contributed by atoms with Crippen molar-refractivity contribution in [2.75, 3.05) is 0 Å². The Morgan fingerprint density at radius 2 is 1.76 bits per heavy atom. The summed E-state index contributed by atoms with van der Waals surface area (Å²) in [4.78, 5) is 2.64. The molecule has 1 unspecified atom stereocenters. The zero-order valence-electron chi connectivity index (χ0n) is 9.39. The summed E-state index contributed by atoms with van der Waals surface area (Å²) in [5, 5.41) is 10.3. The molecule has 0 aliphatic heterocycles. The summed E-state index contributed by atoms with van der Waals surface area (Å²) in [6, 6.07) is 6.87. The number of aliphatic hydroxyl groups is 1. The highest BCUT2D eigenvalue weighted by atomic mass is 19.4. The van der Waals surface area contributed by atoms with E-state index >= 15 is 0 Å². The number of aryl methyl sites for hydroxylation is 1. The normalized spacial score (nSPS) is 16.1. The molecule has 0 amide bonds. The minimum atomic E-state index is -4.71. The van der Waals surface area contributed by atoms with Crippen LogP contribution >= 0.6 is 0 Å². The molecule has 2 nitrogen and oxygen atoms in total. The zero-order valence-corrected chi connectivity index (χ0v) is 9.39. The molecule has 0 fully saturated rings. The standard InChI is InChI=1S/C12H12F3NO/c1-7-8-5-3-4-6-9(8)16-10(7)11(2,17)12(13,14)15/h3-6,16-17H,1-2H3. The summed E-state index contributed by atoms with van der Waals surface area (Å²) in [5.41, 5.74) is -2.06. The quantitative estimate of drug-likeness (QED) is 0.792. The predicted octanol–water partition coefficient (Wildman–Crippen LogP) is 3.25. The molecular weight excluding hydrogens is 231 g/mol. The third kappa shape index (κ3) is 1.70. The molecule has 0 aliphatic rings. The Morgan fingerprint density at radius 1 is 1.18 bits per heavy atom. The van der Waals surface area contributed by atoms with Crippen molar-refractivity contribution >= 4 is 10.9 Å². The maximum absolute atomic E-state index is 12.8. The smallest absolute Gasteiger partial charge is 0.375 e. The largest absolute Gasteiger partial charge is 0.422 e. The van der Waals surface area contributed by atoms with Crippen LogP contribution in [0.4, 0.5) is 13.2 Å². The molecule has 2 rings (SSSR count). The minimum absolute atomic E-state index is 0.203. The number of halogens is 3. The molecule has 0 saturated heterocycles. The van der Waals surface area contributed by atoms with Crippen molar-refractivity contribution in [1.82, 2.24) is 4.98 Å². The van der Waals surface area contributed by atoms with Gasteiger partial charge in [0.15, 0.2) is 5.60 Å². The average molecular weight is 243 g/mol. The first-order chi connectivity index (χ1) is 7.75. The fraction of sp³-hybridized carbons (Fsp3) is 0.333. The van der Waals surface area contributed by atoms with Crippen LogP contribution in [0.1, 0.15) is 18.2 Å². The van der Waals surface area contributed by atoms with Gasteiger partial charge in [0.25, 0.3) is 0 Å². The van der Waals surface area contributed by atoms with Gasteiger partial charge in [-0.3, -0.25) is 0 Å². The van der Waals surface area contributed by atoms with E-state index in [1.165, 1.54) is 0 Å². The van der Waals surface area contributed by atoms with Crippen LogP contribution in [0.25, 0.3) is 10.9 Å². The second kappa shape index (κ2) is 3.50. The maximum Gasteiger partial charge on any atom is 0.422 e. The molecule has 17 heavy (non-hydrogen) atoms. The molecule has 2 N–H and O–H groups in total. The lowest BCUT2D eigenvalue weighted by molar-refractivity contribution is -0.260. The van der Waals surface area contributed by atoms with Crippen LogP contribution in [0.3, 0.4) is 0 Å². The van der Waals surface area contributed by atoms with Gasteiger partial charge in [-0.2, -0.15) is 13.2 Å². The summed E-state index contributed by atoms with van der Waals surface area (Å²) >= 11 is 0. The number of aromatic nitrogens is 1. The van der Waals surface area contributed by atoms with Gasteiger partial charge in [0, 0.05) is 10.9 Å². The molecule has 5 heteroatoms. The van der Waals surface area contributed by atoms with Crippen molar-refractivity contribution < 1.29 is 18.3 Å². The molecule has 1 aromatic carbocycles. The molecule has 0 bridgehead atoms. The number of fused-ring (bicyclic) bond motifs is 1. The van der Waals surface area contributed by atoms with Gasteiger partial charge in [-0.15, -0.1) is 0 Å². The van der Waals surface area contributed by atoms with Crippen LogP contribution in [0.5, 0.6) is 0 Å². The van der Waals surface area contributed by atoms with E-state index in [-0.39, 0.29) is 5.69 Å². The number of benzene rings is 1. The SMILES string of the molecule is Cc1c(C(C)(O)C(F)(F)F)[nH]c2ccccc12. The molecule has 1 atom stereocenters. The monoisotopic (exact) mass is 243 g/mol. The average Bonchev–Trinajstić information content (AvgIpc) is 2.56. The number of hydrogen-bond acceptors (Lipinski definition) is 1. The first-order valence-electron chi connectivity index (χ1n) is 5.12. The van der Waals surface area contributed by atoms with Crippen LogP contribution in [0, 0.1) is 6.92 Å². The van der Waals surface area contributed by atoms with Crippen molar-refractivity contribution in [2.24, 2.45) is 0 Å². The number of rotatable bonds is 1. The number of para-hydroxylation sites is 1. The number of H-pyrrole nitrogens is 1. The Kier molecular flexibility index (Phi) is 2.47. The predicted molar refractivity (Wildman–Crippen MR) is 58.7 cm³/mol. The van der Waals surface area contributed by atoms with Crippen LogP contribution in [0.2, 0.25) is 0 Å². The Morgan fingerprint density at radius 3 is 2.29 bits per heavy atom. The van der Waals surface area contributed by atoms with Gasteiger partial charge < -0.3 is 10.1 Å². The van der Waals surface area contributed by atoms with E-state index < -0.39 is 11.8 Å². The fourth-order valence-electron chi connectivity index (χ4n) is 1.91. The fourth-order valence-corrected chi connectivity index (χ4v) is 1.91. The van der Waals surface area contributed by atoms with Crippen LogP contribution in [-0.2, 0) is 5.60 Å². The molecule has 2 aromatic rings. The van der Waals surface area contributed by atoms with Crippen LogP contribution in [-0.4, -0.2) is 16.3 Å². The van der Waals surface area contributed by atoms with E-state index in [1.807, 2.05) is 0 Å². The molecule has 92 valence electrons. The van der Waals surface area contributed by atoms with Gasteiger partial charge in [0.05, 0.1) is 5.69 Å². The molecule has 0 spiro atoms. The van der Waals surface area contributed by atoms with E-state index in [9.17, 15) is 18.3 Å².